The number of sulfonamides is 1. The van der Waals surface area contributed by atoms with E-state index in [-0.39, 0.29) is 4.21 Å². The summed E-state index contributed by atoms with van der Waals surface area (Å²) in [6.07, 6.45) is 5.37. The summed E-state index contributed by atoms with van der Waals surface area (Å²) < 4.78 is 29.5. The first-order valence-corrected chi connectivity index (χ1v) is 10.6. The summed E-state index contributed by atoms with van der Waals surface area (Å²) in [5, 5.41) is 0. The average molecular weight is 410 g/mol. The third-order valence-corrected chi connectivity index (χ3v) is 7.81. The largest absolute Gasteiger partial charge is 0.354 e. The van der Waals surface area contributed by atoms with Gasteiger partial charge in [-0.3, -0.25) is 0 Å². The zero-order valence-corrected chi connectivity index (χ0v) is 16.1. The van der Waals surface area contributed by atoms with Crippen LogP contribution in [0.5, 0.6) is 0 Å². The summed E-state index contributed by atoms with van der Waals surface area (Å²) in [5.41, 5.74) is 0. The minimum absolute atomic E-state index is 0.285. The Balaban J connectivity index is 1.48. The van der Waals surface area contributed by atoms with E-state index in [9.17, 15) is 8.42 Å². The van der Waals surface area contributed by atoms with Crippen molar-refractivity contribution < 1.29 is 8.42 Å². The average Bonchev–Trinajstić information content (AvgIpc) is 3.34. The minimum Gasteiger partial charge on any atom is -0.354 e. The van der Waals surface area contributed by atoms with Crippen molar-refractivity contribution in [2.45, 2.75) is 4.21 Å². The monoisotopic (exact) mass is 409 g/mol. The molecule has 0 spiro atoms. The van der Waals surface area contributed by atoms with Crippen molar-refractivity contribution in [1.82, 2.24) is 18.8 Å². The second kappa shape index (κ2) is 6.99. The van der Waals surface area contributed by atoms with E-state index in [0.717, 1.165) is 23.0 Å². The fourth-order valence-corrected chi connectivity index (χ4v) is 5.92. The molecule has 1 aliphatic heterocycles. The SMILES string of the molecule is O=S(=O)(c1ccc(Cl)s1)N1CCN(c2cc(-n3cccc3)ncn2)CC1. The number of anilines is 1. The van der Waals surface area contributed by atoms with Crippen molar-refractivity contribution in [2.24, 2.45) is 0 Å². The lowest BCUT2D eigenvalue weighted by Crippen LogP contribution is -2.48. The van der Waals surface area contributed by atoms with E-state index in [0.29, 0.717) is 30.5 Å². The molecule has 1 saturated heterocycles. The molecule has 136 valence electrons. The molecule has 0 radical (unpaired) electrons. The van der Waals surface area contributed by atoms with E-state index in [1.165, 1.54) is 10.6 Å². The van der Waals surface area contributed by atoms with Gasteiger partial charge in [-0.25, -0.2) is 18.4 Å². The molecule has 1 fully saturated rings. The molecule has 1 aliphatic rings. The second-order valence-corrected chi connectivity index (χ2v) is 9.65. The summed E-state index contributed by atoms with van der Waals surface area (Å²) in [5.74, 6) is 1.57. The highest BCUT2D eigenvalue weighted by Gasteiger charge is 2.30. The highest BCUT2D eigenvalue weighted by atomic mass is 35.5. The van der Waals surface area contributed by atoms with Crippen LogP contribution in [0, 0.1) is 0 Å². The maximum atomic E-state index is 12.7. The fourth-order valence-electron chi connectivity index (χ4n) is 2.86. The van der Waals surface area contributed by atoms with Crippen LogP contribution < -0.4 is 4.90 Å². The molecule has 0 atom stereocenters. The Morgan fingerprint density at radius 1 is 1.00 bits per heavy atom. The summed E-state index contributed by atoms with van der Waals surface area (Å²) >= 11 is 6.96. The van der Waals surface area contributed by atoms with E-state index in [4.69, 9.17) is 11.6 Å². The zero-order chi connectivity index (χ0) is 18.1. The van der Waals surface area contributed by atoms with Crippen molar-refractivity contribution >= 4 is 38.8 Å². The number of halogens is 1. The topological polar surface area (TPSA) is 71.3 Å². The van der Waals surface area contributed by atoms with Gasteiger partial charge >= 0.3 is 0 Å². The molecule has 0 unspecified atom stereocenters. The van der Waals surface area contributed by atoms with Gasteiger partial charge in [-0.2, -0.15) is 4.31 Å². The normalized spacial score (nSPS) is 16.1. The van der Waals surface area contributed by atoms with Gasteiger partial charge in [-0.1, -0.05) is 11.6 Å². The van der Waals surface area contributed by atoms with Gasteiger partial charge in [0.05, 0.1) is 4.34 Å². The Labute approximate surface area is 160 Å². The molecular weight excluding hydrogens is 394 g/mol. The van der Waals surface area contributed by atoms with Crippen LogP contribution in [0.15, 0.2) is 53.3 Å². The van der Waals surface area contributed by atoms with E-state index >= 15 is 0 Å². The molecule has 0 N–H and O–H groups in total. The summed E-state index contributed by atoms with van der Waals surface area (Å²) in [6.45, 7) is 1.95. The molecule has 0 aliphatic carbocycles. The molecule has 4 rings (SSSR count). The van der Waals surface area contributed by atoms with Gasteiger partial charge in [-0.15, -0.1) is 11.3 Å². The Kier molecular flexibility index (Phi) is 4.70. The molecule has 4 heterocycles. The first kappa shape index (κ1) is 17.5. The lowest BCUT2D eigenvalue weighted by Gasteiger charge is -2.34. The van der Waals surface area contributed by atoms with Crippen molar-refractivity contribution in [3.05, 3.63) is 53.4 Å². The third-order valence-electron chi connectivity index (χ3n) is 4.21. The Morgan fingerprint density at radius 2 is 1.69 bits per heavy atom. The number of hydrogen-bond donors (Lipinski definition) is 0. The Hall–Kier alpha value is -1.94. The van der Waals surface area contributed by atoms with E-state index in [1.807, 2.05) is 35.2 Å². The minimum atomic E-state index is -3.49. The quantitative estimate of drug-likeness (QED) is 0.662. The summed E-state index contributed by atoms with van der Waals surface area (Å²) in [4.78, 5) is 10.7. The number of rotatable bonds is 4. The lowest BCUT2D eigenvalue weighted by molar-refractivity contribution is 0.384. The standard InChI is InChI=1S/C16H16ClN5O2S2/c17-13-3-4-16(25-13)26(23,24)22-9-7-21(8-10-22)15-11-14(18-12-19-15)20-5-1-2-6-20/h1-6,11-12H,7-10H2. The van der Waals surface area contributed by atoms with Gasteiger partial charge in [0.2, 0.25) is 0 Å². The number of hydrogen-bond acceptors (Lipinski definition) is 6. The highest BCUT2D eigenvalue weighted by Crippen LogP contribution is 2.29. The summed E-state index contributed by atoms with van der Waals surface area (Å²) in [7, 11) is -3.49. The number of piperazine rings is 1. The third kappa shape index (κ3) is 3.35. The van der Waals surface area contributed by atoms with Crippen LogP contribution in [0.2, 0.25) is 4.34 Å². The maximum absolute atomic E-state index is 12.7. The number of aromatic nitrogens is 3. The van der Waals surface area contributed by atoms with E-state index in [2.05, 4.69) is 14.9 Å². The van der Waals surface area contributed by atoms with Gasteiger partial charge in [0.15, 0.2) is 0 Å². The second-order valence-electron chi connectivity index (χ2n) is 5.77. The van der Waals surface area contributed by atoms with Crippen LogP contribution in [-0.2, 0) is 10.0 Å². The van der Waals surface area contributed by atoms with Gasteiger partial charge in [0, 0.05) is 44.6 Å². The predicted octanol–water partition coefficient (Wildman–Crippen LogP) is 2.49. The van der Waals surface area contributed by atoms with Crippen LogP contribution in [0.3, 0.4) is 0 Å². The first-order chi connectivity index (χ1) is 12.5. The molecule has 0 saturated carbocycles. The molecular formula is C16H16ClN5O2S2. The van der Waals surface area contributed by atoms with Gasteiger partial charge in [0.25, 0.3) is 10.0 Å². The number of thiophene rings is 1. The van der Waals surface area contributed by atoms with Crippen molar-refractivity contribution in [3.63, 3.8) is 0 Å². The van der Waals surface area contributed by atoms with Crippen molar-refractivity contribution in [1.29, 1.82) is 0 Å². The molecule has 10 heteroatoms. The molecule has 3 aromatic rings. The van der Waals surface area contributed by atoms with Crippen molar-refractivity contribution in [2.75, 3.05) is 31.1 Å². The van der Waals surface area contributed by atoms with Crippen LogP contribution in [-0.4, -0.2) is 53.4 Å². The van der Waals surface area contributed by atoms with Crippen LogP contribution in [0.25, 0.3) is 5.82 Å². The van der Waals surface area contributed by atoms with Crippen molar-refractivity contribution in [3.8, 4) is 5.82 Å². The molecule has 3 aromatic heterocycles. The van der Waals surface area contributed by atoms with Crippen LogP contribution in [0.1, 0.15) is 0 Å². The smallest absolute Gasteiger partial charge is 0.252 e. The fraction of sp³-hybridized carbons (Fsp3) is 0.250. The van der Waals surface area contributed by atoms with Gasteiger partial charge in [0.1, 0.15) is 22.2 Å². The van der Waals surface area contributed by atoms with E-state index < -0.39 is 10.0 Å². The highest BCUT2D eigenvalue weighted by molar-refractivity contribution is 7.91. The first-order valence-electron chi connectivity index (χ1n) is 8.00. The van der Waals surface area contributed by atoms with E-state index in [1.54, 1.807) is 12.1 Å². The molecule has 0 bridgehead atoms. The zero-order valence-electron chi connectivity index (χ0n) is 13.7. The predicted molar refractivity (Wildman–Crippen MR) is 102 cm³/mol. The maximum Gasteiger partial charge on any atom is 0.252 e. The molecule has 0 amide bonds. The lowest BCUT2D eigenvalue weighted by atomic mass is 10.3. The van der Waals surface area contributed by atoms with Gasteiger partial charge in [-0.05, 0) is 24.3 Å². The van der Waals surface area contributed by atoms with Crippen LogP contribution in [0.4, 0.5) is 5.82 Å². The van der Waals surface area contributed by atoms with Gasteiger partial charge < -0.3 is 9.47 Å². The summed E-state index contributed by atoms with van der Waals surface area (Å²) in [6, 6.07) is 8.94. The molecule has 26 heavy (non-hydrogen) atoms. The molecule has 0 aromatic carbocycles. The number of nitrogens with zero attached hydrogens (tertiary/aromatic N) is 5. The van der Waals surface area contributed by atoms with Crippen LogP contribution >= 0.6 is 22.9 Å². The molecule has 7 nitrogen and oxygen atoms in total. The Bertz CT molecular complexity index is 995. The Morgan fingerprint density at radius 3 is 2.35 bits per heavy atom.